The monoisotopic (exact) mass is 204 g/mol. The van der Waals surface area contributed by atoms with Crippen molar-refractivity contribution in [2.75, 3.05) is 4.90 Å². The van der Waals surface area contributed by atoms with E-state index in [9.17, 15) is 0 Å². The van der Waals surface area contributed by atoms with Crippen LogP contribution in [0.2, 0.25) is 0 Å². The molecule has 0 aromatic carbocycles. The molecule has 0 saturated carbocycles. The summed E-state index contributed by atoms with van der Waals surface area (Å²) in [5, 5.41) is 0. The van der Waals surface area contributed by atoms with E-state index in [2.05, 4.69) is 42.8 Å². The number of rotatable bonds is 2. The summed E-state index contributed by atoms with van der Waals surface area (Å²) < 4.78 is 0. The highest BCUT2D eigenvalue weighted by Gasteiger charge is 2.27. The lowest BCUT2D eigenvalue weighted by molar-refractivity contribution is 0.683. The number of aromatic nitrogens is 1. The third-order valence-electron chi connectivity index (χ3n) is 3.43. The Morgan fingerprint density at radius 3 is 2.40 bits per heavy atom. The molecule has 2 heteroatoms. The van der Waals surface area contributed by atoms with Gasteiger partial charge in [0.15, 0.2) is 0 Å². The van der Waals surface area contributed by atoms with Gasteiger partial charge in [0.1, 0.15) is 5.82 Å². The predicted molar refractivity (Wildman–Crippen MR) is 64.3 cm³/mol. The molecule has 1 aromatic heterocycles. The fourth-order valence-corrected chi connectivity index (χ4v) is 2.43. The fraction of sp³-hybridized carbons (Fsp3) is 0.615. The maximum atomic E-state index is 4.56. The zero-order valence-electron chi connectivity index (χ0n) is 9.90. The van der Waals surface area contributed by atoms with Crippen molar-refractivity contribution >= 4 is 5.82 Å². The first-order valence-corrected chi connectivity index (χ1v) is 5.95. The molecule has 2 heterocycles. The van der Waals surface area contributed by atoms with Gasteiger partial charge in [-0.3, -0.25) is 0 Å². The average Bonchev–Trinajstić information content (AvgIpc) is 2.59. The van der Waals surface area contributed by atoms with Gasteiger partial charge in [-0.05, 0) is 44.7 Å². The molecule has 1 saturated heterocycles. The summed E-state index contributed by atoms with van der Waals surface area (Å²) in [6.07, 6.45) is 5.65. The molecular formula is C13H20N2. The SMILES string of the molecule is CCc1ccc(N2C(C)CCC2C)nc1. The van der Waals surface area contributed by atoms with E-state index in [1.165, 1.54) is 18.4 Å². The molecule has 1 aliphatic rings. The van der Waals surface area contributed by atoms with Gasteiger partial charge in [-0.15, -0.1) is 0 Å². The second-order valence-electron chi connectivity index (χ2n) is 4.56. The minimum atomic E-state index is 0.639. The summed E-state index contributed by atoms with van der Waals surface area (Å²) in [4.78, 5) is 7.00. The van der Waals surface area contributed by atoms with Crippen LogP contribution in [0, 0.1) is 0 Å². The van der Waals surface area contributed by atoms with E-state index in [1.807, 2.05) is 6.20 Å². The maximum absolute atomic E-state index is 4.56. The van der Waals surface area contributed by atoms with E-state index in [0.717, 1.165) is 12.2 Å². The Morgan fingerprint density at radius 1 is 1.27 bits per heavy atom. The van der Waals surface area contributed by atoms with Gasteiger partial charge in [-0.25, -0.2) is 4.98 Å². The van der Waals surface area contributed by atoms with Crippen molar-refractivity contribution < 1.29 is 0 Å². The summed E-state index contributed by atoms with van der Waals surface area (Å²) in [6, 6.07) is 5.64. The molecule has 0 aliphatic carbocycles. The van der Waals surface area contributed by atoms with Gasteiger partial charge in [0.05, 0.1) is 0 Å². The van der Waals surface area contributed by atoms with Gasteiger partial charge < -0.3 is 4.90 Å². The number of aryl methyl sites for hydroxylation is 1. The molecule has 0 spiro atoms. The van der Waals surface area contributed by atoms with Gasteiger partial charge in [0.25, 0.3) is 0 Å². The van der Waals surface area contributed by atoms with Crippen LogP contribution < -0.4 is 4.90 Å². The van der Waals surface area contributed by atoms with E-state index in [0.29, 0.717) is 12.1 Å². The molecule has 0 radical (unpaired) electrons. The van der Waals surface area contributed by atoms with Crippen molar-refractivity contribution in [1.29, 1.82) is 0 Å². The zero-order valence-corrected chi connectivity index (χ0v) is 9.90. The summed E-state index contributed by atoms with van der Waals surface area (Å²) in [6.45, 7) is 6.75. The third-order valence-corrected chi connectivity index (χ3v) is 3.43. The molecule has 2 nitrogen and oxygen atoms in total. The normalized spacial score (nSPS) is 25.9. The Balaban J connectivity index is 2.21. The molecule has 1 aliphatic heterocycles. The molecule has 1 fully saturated rings. The van der Waals surface area contributed by atoms with E-state index < -0.39 is 0 Å². The van der Waals surface area contributed by atoms with E-state index in [-0.39, 0.29) is 0 Å². The van der Waals surface area contributed by atoms with Crippen molar-refractivity contribution in [3.05, 3.63) is 23.9 Å². The average molecular weight is 204 g/mol. The third kappa shape index (κ3) is 1.99. The van der Waals surface area contributed by atoms with Crippen LogP contribution in [0.15, 0.2) is 18.3 Å². The molecule has 0 amide bonds. The Morgan fingerprint density at radius 2 is 1.93 bits per heavy atom. The Bertz CT molecular complexity index is 308. The summed E-state index contributed by atoms with van der Waals surface area (Å²) >= 11 is 0. The Labute approximate surface area is 92.3 Å². The molecule has 0 bridgehead atoms. The van der Waals surface area contributed by atoms with Gasteiger partial charge >= 0.3 is 0 Å². The topological polar surface area (TPSA) is 16.1 Å². The highest BCUT2D eigenvalue weighted by Crippen LogP contribution is 2.28. The van der Waals surface area contributed by atoms with Crippen molar-refractivity contribution in [3.8, 4) is 0 Å². The first-order valence-electron chi connectivity index (χ1n) is 5.95. The summed E-state index contributed by atoms with van der Waals surface area (Å²) in [7, 11) is 0. The molecule has 1 aromatic rings. The zero-order chi connectivity index (χ0) is 10.8. The molecule has 2 rings (SSSR count). The van der Waals surface area contributed by atoms with Crippen molar-refractivity contribution in [1.82, 2.24) is 4.98 Å². The molecular weight excluding hydrogens is 184 g/mol. The lowest BCUT2D eigenvalue weighted by Gasteiger charge is -2.27. The number of nitrogens with zero attached hydrogens (tertiary/aromatic N) is 2. The van der Waals surface area contributed by atoms with Crippen molar-refractivity contribution in [2.45, 2.75) is 52.1 Å². The lowest BCUT2D eigenvalue weighted by Crippen LogP contribution is -2.33. The number of pyridine rings is 1. The first kappa shape index (κ1) is 10.5. The van der Waals surface area contributed by atoms with Crippen molar-refractivity contribution in [3.63, 3.8) is 0 Å². The predicted octanol–water partition coefficient (Wildman–Crippen LogP) is 3.02. The highest BCUT2D eigenvalue weighted by molar-refractivity contribution is 5.43. The highest BCUT2D eigenvalue weighted by atomic mass is 15.2. The molecule has 2 unspecified atom stereocenters. The van der Waals surface area contributed by atoms with Crippen LogP contribution >= 0.6 is 0 Å². The van der Waals surface area contributed by atoms with E-state index in [1.54, 1.807) is 0 Å². The quantitative estimate of drug-likeness (QED) is 0.736. The van der Waals surface area contributed by atoms with Crippen LogP contribution in [0.3, 0.4) is 0 Å². The van der Waals surface area contributed by atoms with Crippen LogP contribution in [0.1, 0.15) is 39.2 Å². The molecule has 2 atom stereocenters. The van der Waals surface area contributed by atoms with Crippen LogP contribution in [0.5, 0.6) is 0 Å². The minimum absolute atomic E-state index is 0.639. The standard InChI is InChI=1S/C13H20N2/c1-4-12-7-8-13(14-9-12)15-10(2)5-6-11(15)3/h7-11H,4-6H2,1-3H3. The van der Waals surface area contributed by atoms with Crippen LogP contribution in [0.4, 0.5) is 5.82 Å². The number of hydrogen-bond donors (Lipinski definition) is 0. The molecule has 15 heavy (non-hydrogen) atoms. The largest absolute Gasteiger partial charge is 0.351 e. The van der Waals surface area contributed by atoms with Gasteiger partial charge in [-0.1, -0.05) is 13.0 Å². The Hall–Kier alpha value is -1.05. The fourth-order valence-electron chi connectivity index (χ4n) is 2.43. The molecule has 82 valence electrons. The molecule has 0 N–H and O–H groups in total. The van der Waals surface area contributed by atoms with Crippen LogP contribution in [-0.2, 0) is 6.42 Å². The van der Waals surface area contributed by atoms with Crippen LogP contribution in [0.25, 0.3) is 0 Å². The van der Waals surface area contributed by atoms with E-state index in [4.69, 9.17) is 0 Å². The summed E-state index contributed by atoms with van der Waals surface area (Å²) in [5.41, 5.74) is 1.32. The smallest absolute Gasteiger partial charge is 0.128 e. The van der Waals surface area contributed by atoms with Gasteiger partial charge in [0.2, 0.25) is 0 Å². The lowest BCUT2D eigenvalue weighted by atomic mass is 10.2. The number of anilines is 1. The summed E-state index contributed by atoms with van der Waals surface area (Å²) in [5.74, 6) is 1.14. The Kier molecular flexibility index (Phi) is 2.94. The maximum Gasteiger partial charge on any atom is 0.128 e. The first-order chi connectivity index (χ1) is 7.22. The minimum Gasteiger partial charge on any atom is -0.351 e. The number of hydrogen-bond acceptors (Lipinski definition) is 2. The second-order valence-corrected chi connectivity index (χ2v) is 4.56. The van der Waals surface area contributed by atoms with Gasteiger partial charge in [0, 0.05) is 18.3 Å². The van der Waals surface area contributed by atoms with Crippen LogP contribution in [-0.4, -0.2) is 17.1 Å². The van der Waals surface area contributed by atoms with Crippen molar-refractivity contribution in [2.24, 2.45) is 0 Å². The second kappa shape index (κ2) is 4.21. The van der Waals surface area contributed by atoms with Gasteiger partial charge in [-0.2, -0.15) is 0 Å². The van der Waals surface area contributed by atoms with E-state index >= 15 is 0 Å².